The van der Waals surface area contributed by atoms with Gasteiger partial charge in [-0.2, -0.15) is 4.31 Å². The summed E-state index contributed by atoms with van der Waals surface area (Å²) in [6.45, 7) is 0.748. The van der Waals surface area contributed by atoms with E-state index >= 15 is 0 Å². The first kappa shape index (κ1) is 21.3. The third-order valence-corrected chi connectivity index (χ3v) is 8.36. The van der Waals surface area contributed by atoms with Crippen LogP contribution in [0.25, 0.3) is 0 Å². The lowest BCUT2D eigenvalue weighted by Crippen LogP contribution is -2.38. The number of nitrogens with zero attached hydrogens (tertiary/aromatic N) is 2. The van der Waals surface area contributed by atoms with E-state index in [1.54, 1.807) is 36.2 Å². The molecule has 0 unspecified atom stereocenters. The number of carbonyl (C=O) groups is 1. The van der Waals surface area contributed by atoms with Crippen molar-refractivity contribution in [3.63, 3.8) is 0 Å². The summed E-state index contributed by atoms with van der Waals surface area (Å²) in [5.41, 5.74) is 0.455. The van der Waals surface area contributed by atoms with Crippen molar-refractivity contribution in [2.24, 2.45) is 5.92 Å². The van der Waals surface area contributed by atoms with E-state index in [4.69, 9.17) is 0 Å². The van der Waals surface area contributed by atoms with Crippen LogP contribution in [0, 0.1) is 5.92 Å². The van der Waals surface area contributed by atoms with Gasteiger partial charge >= 0.3 is 0 Å². The Hall–Kier alpha value is -1.40. The minimum absolute atomic E-state index is 0.0621. The molecule has 0 radical (unpaired) electrons. The van der Waals surface area contributed by atoms with Crippen LogP contribution in [-0.4, -0.2) is 50.2 Å². The Kier molecular flexibility index (Phi) is 7.15. The predicted molar refractivity (Wildman–Crippen MR) is 112 cm³/mol. The standard InChI is InChI=1S/C22H34N2O3S/c1-23(17-18-10-5-3-6-11-18)22(25)19-12-9-15-21(16-19)28(26,27)24(2)20-13-7-4-8-14-20/h9,12,15-16,18,20H,3-8,10-11,13-14,17H2,1-2H3. The van der Waals surface area contributed by atoms with Crippen molar-refractivity contribution >= 4 is 15.9 Å². The number of benzene rings is 1. The molecule has 0 atom stereocenters. The molecule has 2 aliphatic rings. The summed E-state index contributed by atoms with van der Waals surface area (Å²) in [6.07, 6.45) is 11.3. The van der Waals surface area contributed by atoms with Gasteiger partial charge in [0.1, 0.15) is 0 Å². The van der Waals surface area contributed by atoms with Crippen molar-refractivity contribution in [1.82, 2.24) is 9.21 Å². The molecule has 0 saturated heterocycles. The van der Waals surface area contributed by atoms with Crippen molar-refractivity contribution in [3.8, 4) is 0 Å². The largest absolute Gasteiger partial charge is 0.341 e. The fourth-order valence-electron chi connectivity index (χ4n) is 4.66. The molecule has 0 spiro atoms. The minimum atomic E-state index is -3.58. The SMILES string of the molecule is CN(CC1CCCCC1)C(=O)c1cccc(S(=O)(=O)N(C)C2CCCCC2)c1. The maximum Gasteiger partial charge on any atom is 0.253 e. The highest BCUT2D eigenvalue weighted by Gasteiger charge is 2.29. The van der Waals surface area contributed by atoms with Crippen LogP contribution in [0.4, 0.5) is 0 Å². The van der Waals surface area contributed by atoms with Gasteiger partial charge in [-0.25, -0.2) is 8.42 Å². The lowest BCUT2D eigenvalue weighted by Gasteiger charge is -2.30. The highest BCUT2D eigenvalue weighted by molar-refractivity contribution is 7.89. The lowest BCUT2D eigenvalue weighted by atomic mass is 9.89. The maximum atomic E-state index is 13.1. The van der Waals surface area contributed by atoms with E-state index < -0.39 is 10.0 Å². The Bertz CT molecular complexity index is 766. The number of hydrogen-bond acceptors (Lipinski definition) is 3. The molecule has 1 amide bonds. The summed E-state index contributed by atoms with van der Waals surface area (Å²) in [5, 5.41) is 0. The van der Waals surface area contributed by atoms with Crippen LogP contribution in [0.5, 0.6) is 0 Å². The van der Waals surface area contributed by atoms with E-state index in [2.05, 4.69) is 0 Å². The number of hydrogen-bond donors (Lipinski definition) is 0. The second kappa shape index (κ2) is 9.40. The van der Waals surface area contributed by atoms with Crippen LogP contribution < -0.4 is 0 Å². The van der Waals surface area contributed by atoms with Crippen LogP contribution in [0.15, 0.2) is 29.2 Å². The number of amides is 1. The van der Waals surface area contributed by atoms with Crippen LogP contribution in [-0.2, 0) is 10.0 Å². The van der Waals surface area contributed by atoms with E-state index in [1.807, 2.05) is 7.05 Å². The number of sulfonamides is 1. The van der Waals surface area contributed by atoms with Crippen LogP contribution in [0.1, 0.15) is 74.6 Å². The van der Waals surface area contributed by atoms with Crippen molar-refractivity contribution < 1.29 is 13.2 Å². The van der Waals surface area contributed by atoms with E-state index in [1.165, 1.54) is 42.8 Å². The normalized spacial score (nSPS) is 19.7. The van der Waals surface area contributed by atoms with Gasteiger partial charge in [0.05, 0.1) is 4.90 Å². The Morgan fingerprint density at radius 1 is 0.964 bits per heavy atom. The molecule has 0 aromatic heterocycles. The lowest BCUT2D eigenvalue weighted by molar-refractivity contribution is 0.0760. The van der Waals surface area contributed by atoms with E-state index in [0.29, 0.717) is 11.5 Å². The van der Waals surface area contributed by atoms with Gasteiger partial charge in [-0.05, 0) is 49.8 Å². The molecule has 2 aliphatic carbocycles. The fraction of sp³-hybridized carbons (Fsp3) is 0.682. The molecule has 6 heteroatoms. The molecule has 5 nitrogen and oxygen atoms in total. The summed E-state index contributed by atoms with van der Waals surface area (Å²) in [7, 11) is -0.0837. The Morgan fingerprint density at radius 3 is 2.21 bits per heavy atom. The molecule has 28 heavy (non-hydrogen) atoms. The molecule has 0 N–H and O–H groups in total. The fourth-order valence-corrected chi connectivity index (χ4v) is 6.12. The van der Waals surface area contributed by atoms with Crippen molar-refractivity contribution in [2.75, 3.05) is 20.6 Å². The van der Waals surface area contributed by atoms with Gasteiger partial charge in [0.15, 0.2) is 0 Å². The number of rotatable bonds is 6. The van der Waals surface area contributed by atoms with E-state index in [-0.39, 0.29) is 16.8 Å². The summed E-state index contributed by atoms with van der Waals surface area (Å²) < 4.78 is 27.7. The van der Waals surface area contributed by atoms with Crippen LogP contribution in [0.2, 0.25) is 0 Å². The van der Waals surface area contributed by atoms with Crippen LogP contribution in [0.3, 0.4) is 0 Å². The zero-order chi connectivity index (χ0) is 20.1. The molecule has 1 aromatic carbocycles. The third kappa shape index (κ3) is 4.95. The average molecular weight is 407 g/mol. The van der Waals surface area contributed by atoms with Crippen LogP contribution >= 0.6 is 0 Å². The predicted octanol–water partition coefficient (Wildman–Crippen LogP) is 4.29. The Labute approximate surface area is 170 Å². The van der Waals surface area contributed by atoms with Gasteiger partial charge < -0.3 is 4.90 Å². The van der Waals surface area contributed by atoms with E-state index in [0.717, 1.165) is 32.2 Å². The first-order chi connectivity index (χ1) is 13.4. The van der Waals surface area contributed by atoms with Gasteiger partial charge in [-0.15, -0.1) is 0 Å². The molecule has 0 heterocycles. The summed E-state index contributed by atoms with van der Waals surface area (Å²) in [4.78, 5) is 14.9. The van der Waals surface area contributed by atoms with E-state index in [9.17, 15) is 13.2 Å². The average Bonchev–Trinajstić information content (AvgIpc) is 2.74. The second-order valence-electron chi connectivity index (χ2n) is 8.53. The maximum absolute atomic E-state index is 13.1. The Morgan fingerprint density at radius 2 is 1.57 bits per heavy atom. The molecule has 1 aromatic rings. The van der Waals surface area contributed by atoms with Gasteiger partial charge in [0.25, 0.3) is 5.91 Å². The molecular formula is C22H34N2O3S. The molecular weight excluding hydrogens is 372 g/mol. The molecule has 156 valence electrons. The smallest absolute Gasteiger partial charge is 0.253 e. The minimum Gasteiger partial charge on any atom is -0.341 e. The van der Waals surface area contributed by atoms with Gasteiger partial charge in [0.2, 0.25) is 10.0 Å². The topological polar surface area (TPSA) is 57.7 Å². The zero-order valence-corrected chi connectivity index (χ0v) is 18.1. The molecule has 2 fully saturated rings. The molecule has 2 saturated carbocycles. The first-order valence-electron chi connectivity index (χ1n) is 10.7. The summed E-state index contributed by atoms with van der Waals surface area (Å²) in [5.74, 6) is 0.468. The Balaban J connectivity index is 1.72. The summed E-state index contributed by atoms with van der Waals surface area (Å²) in [6, 6.07) is 6.62. The third-order valence-electron chi connectivity index (χ3n) is 6.45. The van der Waals surface area contributed by atoms with Gasteiger partial charge in [0, 0.05) is 32.2 Å². The summed E-state index contributed by atoms with van der Waals surface area (Å²) >= 11 is 0. The van der Waals surface area contributed by atoms with Gasteiger partial charge in [-0.1, -0.05) is 44.6 Å². The number of carbonyl (C=O) groups excluding carboxylic acids is 1. The zero-order valence-electron chi connectivity index (χ0n) is 17.3. The highest BCUT2D eigenvalue weighted by Crippen LogP contribution is 2.27. The molecule has 3 rings (SSSR count). The van der Waals surface area contributed by atoms with Crippen molar-refractivity contribution in [1.29, 1.82) is 0 Å². The first-order valence-corrected chi connectivity index (χ1v) is 12.2. The quantitative estimate of drug-likeness (QED) is 0.708. The van der Waals surface area contributed by atoms with Crippen molar-refractivity contribution in [2.45, 2.75) is 75.1 Å². The molecule has 0 bridgehead atoms. The monoisotopic (exact) mass is 406 g/mol. The second-order valence-corrected chi connectivity index (χ2v) is 10.5. The molecule has 0 aliphatic heterocycles. The van der Waals surface area contributed by atoms with Gasteiger partial charge in [-0.3, -0.25) is 4.79 Å². The van der Waals surface area contributed by atoms with Crippen molar-refractivity contribution in [3.05, 3.63) is 29.8 Å². The highest BCUT2D eigenvalue weighted by atomic mass is 32.2.